The van der Waals surface area contributed by atoms with E-state index in [0.29, 0.717) is 37.2 Å². The third-order valence-corrected chi connectivity index (χ3v) is 3.95. The molecule has 0 radical (unpaired) electrons. The summed E-state index contributed by atoms with van der Waals surface area (Å²) in [6, 6.07) is 11.4. The van der Waals surface area contributed by atoms with Crippen molar-refractivity contribution in [2.75, 3.05) is 39.3 Å². The predicted molar refractivity (Wildman–Crippen MR) is 112 cm³/mol. The number of anilines is 1. The third kappa shape index (κ3) is 5.97. The fraction of sp³-hybridized carbons (Fsp3) is 0.381. The molecule has 3 N–H and O–H groups in total. The van der Waals surface area contributed by atoms with Gasteiger partial charge in [0.15, 0.2) is 29.0 Å². The molecule has 7 heteroatoms. The molecule has 2 aromatic carbocycles. The minimum atomic E-state index is 0.336. The molecule has 2 rings (SSSR count). The Labute approximate surface area is 166 Å². The van der Waals surface area contributed by atoms with E-state index in [9.17, 15) is 0 Å². The molecular formula is C21H29N3O4. The molecular weight excluding hydrogens is 358 g/mol. The van der Waals surface area contributed by atoms with Gasteiger partial charge in [0, 0.05) is 18.3 Å². The summed E-state index contributed by atoms with van der Waals surface area (Å²) in [6.07, 6.45) is 0.737. The first kappa shape index (κ1) is 21.2. The summed E-state index contributed by atoms with van der Waals surface area (Å²) in [4.78, 5) is 4.39. The van der Waals surface area contributed by atoms with Crippen LogP contribution in [0.1, 0.15) is 19.4 Å². The number of benzene rings is 2. The van der Waals surface area contributed by atoms with Gasteiger partial charge >= 0.3 is 0 Å². The number of nitrogens with two attached hydrogens (primary N) is 1. The summed E-state index contributed by atoms with van der Waals surface area (Å²) in [5, 5.41) is 3.06. The van der Waals surface area contributed by atoms with Crippen LogP contribution < -0.4 is 30.0 Å². The van der Waals surface area contributed by atoms with E-state index in [4.69, 9.17) is 24.7 Å². The van der Waals surface area contributed by atoms with Gasteiger partial charge in [-0.25, -0.2) is 0 Å². The minimum Gasteiger partial charge on any atom is -0.493 e. The van der Waals surface area contributed by atoms with Gasteiger partial charge in [-0.05, 0) is 50.1 Å². The van der Waals surface area contributed by atoms with Gasteiger partial charge in [-0.15, -0.1) is 0 Å². The van der Waals surface area contributed by atoms with Crippen molar-refractivity contribution in [3.63, 3.8) is 0 Å². The van der Waals surface area contributed by atoms with Crippen molar-refractivity contribution in [3.05, 3.63) is 42.0 Å². The summed E-state index contributed by atoms with van der Waals surface area (Å²) in [7, 11) is 3.19. The molecule has 7 nitrogen and oxygen atoms in total. The summed E-state index contributed by atoms with van der Waals surface area (Å²) < 4.78 is 21.8. The van der Waals surface area contributed by atoms with Crippen molar-refractivity contribution in [1.29, 1.82) is 0 Å². The zero-order valence-corrected chi connectivity index (χ0v) is 17.0. The predicted octanol–water partition coefficient (Wildman–Crippen LogP) is 3.47. The fourth-order valence-electron chi connectivity index (χ4n) is 2.66. The Morgan fingerprint density at radius 1 is 0.893 bits per heavy atom. The minimum absolute atomic E-state index is 0.336. The molecule has 0 heterocycles. The highest BCUT2D eigenvalue weighted by molar-refractivity contribution is 5.92. The highest BCUT2D eigenvalue weighted by atomic mass is 16.5. The number of nitrogens with one attached hydrogen (secondary N) is 1. The van der Waals surface area contributed by atoms with E-state index in [0.717, 1.165) is 29.2 Å². The van der Waals surface area contributed by atoms with Gasteiger partial charge in [-0.2, -0.15) is 0 Å². The van der Waals surface area contributed by atoms with Gasteiger partial charge in [0.25, 0.3) is 0 Å². The Morgan fingerprint density at radius 3 is 2.25 bits per heavy atom. The zero-order valence-electron chi connectivity index (χ0n) is 17.0. The van der Waals surface area contributed by atoms with Crippen LogP contribution in [0.3, 0.4) is 0 Å². The Kier molecular flexibility index (Phi) is 8.27. The summed E-state index contributed by atoms with van der Waals surface area (Å²) >= 11 is 0. The number of guanidine groups is 1. The standard InChI is InChI=1S/C21H29N3O4/c1-5-27-18-9-7-15(13-20(18)28-6-2)11-12-23-21(22)24-16-8-10-17(25-3)19(14-16)26-4/h7-10,13-14H,5-6,11-12H2,1-4H3,(H3,22,23,24). The molecule has 0 unspecified atom stereocenters. The quantitative estimate of drug-likeness (QED) is 0.479. The maximum absolute atomic E-state index is 6.00. The summed E-state index contributed by atoms with van der Waals surface area (Å²) in [6.45, 7) is 5.64. The Hall–Kier alpha value is -3.09. The second-order valence-electron chi connectivity index (χ2n) is 5.86. The molecule has 0 fully saturated rings. The van der Waals surface area contributed by atoms with Crippen molar-refractivity contribution in [3.8, 4) is 23.0 Å². The highest BCUT2D eigenvalue weighted by Gasteiger charge is 2.07. The Morgan fingerprint density at radius 2 is 1.57 bits per heavy atom. The lowest BCUT2D eigenvalue weighted by Gasteiger charge is -2.12. The molecule has 152 valence electrons. The van der Waals surface area contributed by atoms with Crippen LogP contribution in [0, 0.1) is 0 Å². The summed E-state index contributed by atoms with van der Waals surface area (Å²) in [5.41, 5.74) is 7.88. The first-order chi connectivity index (χ1) is 13.6. The number of nitrogens with zero attached hydrogens (tertiary/aromatic N) is 1. The maximum atomic E-state index is 6.00. The van der Waals surface area contributed by atoms with E-state index < -0.39 is 0 Å². The lowest BCUT2D eigenvalue weighted by Crippen LogP contribution is -2.23. The average Bonchev–Trinajstić information content (AvgIpc) is 2.70. The van der Waals surface area contributed by atoms with Crippen LogP contribution in [0.2, 0.25) is 0 Å². The number of ether oxygens (including phenoxy) is 4. The normalized spacial score (nSPS) is 11.1. The molecule has 0 spiro atoms. The molecule has 28 heavy (non-hydrogen) atoms. The van der Waals surface area contributed by atoms with Crippen LogP contribution in [-0.2, 0) is 6.42 Å². The number of rotatable bonds is 10. The van der Waals surface area contributed by atoms with Crippen LogP contribution in [0.4, 0.5) is 5.69 Å². The van der Waals surface area contributed by atoms with E-state index in [1.165, 1.54) is 0 Å². The summed E-state index contributed by atoms with van der Waals surface area (Å²) in [5.74, 6) is 3.12. The first-order valence-electron chi connectivity index (χ1n) is 9.28. The molecule has 0 saturated heterocycles. The topological polar surface area (TPSA) is 87.3 Å². The van der Waals surface area contributed by atoms with Crippen LogP contribution in [0.5, 0.6) is 23.0 Å². The number of hydrogen-bond acceptors (Lipinski definition) is 5. The van der Waals surface area contributed by atoms with Crippen molar-refractivity contribution < 1.29 is 18.9 Å². The van der Waals surface area contributed by atoms with Gasteiger partial charge in [-0.1, -0.05) is 6.07 Å². The second kappa shape index (κ2) is 10.9. The lowest BCUT2D eigenvalue weighted by atomic mass is 10.1. The number of aliphatic imine (C=N–C) groups is 1. The van der Waals surface area contributed by atoms with E-state index >= 15 is 0 Å². The van der Waals surface area contributed by atoms with Crippen LogP contribution >= 0.6 is 0 Å². The smallest absolute Gasteiger partial charge is 0.193 e. The Bertz CT molecular complexity index is 793. The largest absolute Gasteiger partial charge is 0.493 e. The second-order valence-corrected chi connectivity index (χ2v) is 5.86. The zero-order chi connectivity index (χ0) is 20.4. The van der Waals surface area contributed by atoms with Gasteiger partial charge in [0.2, 0.25) is 0 Å². The average molecular weight is 387 g/mol. The third-order valence-electron chi connectivity index (χ3n) is 3.95. The molecule has 0 aliphatic heterocycles. The molecule has 0 aliphatic carbocycles. The molecule has 2 aromatic rings. The van der Waals surface area contributed by atoms with Crippen LogP contribution in [0.25, 0.3) is 0 Å². The van der Waals surface area contributed by atoms with Crippen molar-refractivity contribution >= 4 is 11.6 Å². The van der Waals surface area contributed by atoms with Crippen molar-refractivity contribution in [1.82, 2.24) is 0 Å². The molecule has 0 amide bonds. The van der Waals surface area contributed by atoms with Crippen molar-refractivity contribution in [2.24, 2.45) is 10.7 Å². The lowest BCUT2D eigenvalue weighted by molar-refractivity contribution is 0.287. The molecule has 0 atom stereocenters. The molecule has 0 saturated carbocycles. The Balaban J connectivity index is 1.97. The highest BCUT2D eigenvalue weighted by Crippen LogP contribution is 2.30. The first-order valence-corrected chi connectivity index (χ1v) is 9.28. The van der Waals surface area contributed by atoms with Gasteiger partial charge in [0.05, 0.1) is 27.4 Å². The fourth-order valence-corrected chi connectivity index (χ4v) is 2.66. The van der Waals surface area contributed by atoms with E-state index in [1.807, 2.05) is 50.2 Å². The van der Waals surface area contributed by atoms with E-state index in [1.54, 1.807) is 14.2 Å². The SMILES string of the molecule is CCOc1ccc(CCN=C(N)Nc2ccc(OC)c(OC)c2)cc1OCC. The van der Waals surface area contributed by atoms with E-state index in [-0.39, 0.29) is 0 Å². The van der Waals surface area contributed by atoms with Crippen LogP contribution in [-0.4, -0.2) is 39.9 Å². The molecule has 0 aromatic heterocycles. The van der Waals surface area contributed by atoms with E-state index in [2.05, 4.69) is 10.3 Å². The number of methoxy groups -OCH3 is 2. The van der Waals surface area contributed by atoms with Crippen molar-refractivity contribution in [2.45, 2.75) is 20.3 Å². The van der Waals surface area contributed by atoms with Gasteiger partial charge < -0.3 is 30.0 Å². The van der Waals surface area contributed by atoms with Crippen LogP contribution in [0.15, 0.2) is 41.4 Å². The monoisotopic (exact) mass is 387 g/mol. The molecule has 0 aliphatic rings. The maximum Gasteiger partial charge on any atom is 0.193 e. The van der Waals surface area contributed by atoms with Gasteiger partial charge in [-0.3, -0.25) is 4.99 Å². The molecule has 0 bridgehead atoms. The van der Waals surface area contributed by atoms with Gasteiger partial charge in [0.1, 0.15) is 0 Å². The number of hydrogen-bond donors (Lipinski definition) is 2.